The average Bonchev–Trinajstić information content (AvgIpc) is 1.79. The molecule has 1 aromatic rings. The summed E-state index contributed by atoms with van der Waals surface area (Å²) in [5.74, 6) is -17.1. The number of carboxylic acids is 1. The maximum absolute atomic E-state index is 15.0. The molecule has 7 unspecified atom stereocenters. The first-order valence-electron chi connectivity index (χ1n) is 38.5. The summed E-state index contributed by atoms with van der Waals surface area (Å²) in [4.78, 5) is 214. The maximum Gasteiger partial charge on any atom is 0.329 e. The van der Waals surface area contributed by atoms with Gasteiger partial charge >= 0.3 is 11.9 Å². The second-order valence-corrected chi connectivity index (χ2v) is 31.2. The monoisotopic (exact) mass is 1530 g/mol. The molecular formula is C77H126N14O18. The lowest BCUT2D eigenvalue weighted by Gasteiger charge is -2.33. The van der Waals surface area contributed by atoms with Crippen molar-refractivity contribution in [3.05, 3.63) is 47.7 Å². The lowest BCUT2D eigenvalue weighted by atomic mass is 9.96. The number of carboxylic acid groups (broad SMARTS) is 1. The fourth-order valence-corrected chi connectivity index (χ4v) is 12.6. The molecule has 0 bridgehead atoms. The Balaban J connectivity index is 1.97. The van der Waals surface area contributed by atoms with Crippen LogP contribution in [0.2, 0.25) is 0 Å². The predicted octanol–water partition coefficient (Wildman–Crippen LogP) is 1.68. The molecule has 0 radical (unpaired) electrons. The van der Waals surface area contributed by atoms with Gasteiger partial charge in [0.1, 0.15) is 84.3 Å². The van der Waals surface area contributed by atoms with Crippen LogP contribution in [0.4, 0.5) is 0 Å². The molecule has 13 amide bonds. The van der Waals surface area contributed by atoms with E-state index in [2.05, 4.69) is 63.8 Å². The molecule has 32 nitrogen and oxygen atoms in total. The number of aliphatic carboxylic acids is 1. The third-order valence-corrected chi connectivity index (χ3v) is 19.4. The van der Waals surface area contributed by atoms with Gasteiger partial charge in [0.15, 0.2) is 0 Å². The van der Waals surface area contributed by atoms with E-state index in [0.717, 1.165) is 0 Å². The van der Waals surface area contributed by atoms with Crippen LogP contribution in [-0.2, 0) is 83.1 Å². The Kier molecular flexibility index (Phi) is 39.6. The Morgan fingerprint density at radius 1 is 0.606 bits per heavy atom. The summed E-state index contributed by atoms with van der Waals surface area (Å²) < 4.78 is 5.94. The molecule has 2 saturated heterocycles. The van der Waals surface area contributed by atoms with Gasteiger partial charge in [-0.15, -0.1) is 0 Å². The van der Waals surface area contributed by atoms with Crippen molar-refractivity contribution in [1.82, 2.24) is 68.7 Å². The number of hydrogen-bond acceptors (Lipinski definition) is 18. The fourth-order valence-electron chi connectivity index (χ4n) is 12.6. The second-order valence-electron chi connectivity index (χ2n) is 31.2. The highest BCUT2D eigenvalue weighted by Crippen LogP contribution is 2.23. The average molecular weight is 1540 g/mol. The van der Waals surface area contributed by atoms with Gasteiger partial charge in [-0.3, -0.25) is 67.1 Å². The zero-order valence-electron chi connectivity index (χ0n) is 67.0. The van der Waals surface area contributed by atoms with E-state index in [1.54, 1.807) is 127 Å². The number of aliphatic hydroxyl groups excluding tert-OH is 1. The molecule has 2 fully saturated rings. The lowest BCUT2D eigenvalue weighted by molar-refractivity contribution is -0.157. The number of hydrogen-bond donors (Lipinski definition) is 15. The van der Waals surface area contributed by atoms with Crippen LogP contribution in [0, 0.1) is 47.3 Å². The number of esters is 1. The number of rotatable bonds is 36. The number of allylic oxidation sites excluding steroid dienone is 1. The minimum Gasteiger partial charge on any atom is -0.481 e. The summed E-state index contributed by atoms with van der Waals surface area (Å²) >= 11 is 0. The van der Waals surface area contributed by atoms with E-state index in [0.29, 0.717) is 31.2 Å². The normalized spacial score (nSPS) is 21.9. The molecule has 32 heteroatoms. The molecule has 0 aliphatic carbocycles. The summed E-state index contributed by atoms with van der Waals surface area (Å²) in [7, 11) is 0. The first-order chi connectivity index (χ1) is 51.1. The van der Waals surface area contributed by atoms with Gasteiger partial charge in [-0.05, 0) is 125 Å². The summed E-state index contributed by atoms with van der Waals surface area (Å²) in [6.45, 7) is 29.8. The third-order valence-electron chi connectivity index (χ3n) is 19.4. The number of nitrogens with two attached hydrogens (primary N) is 1. The van der Waals surface area contributed by atoms with Crippen LogP contribution in [0.3, 0.4) is 0 Å². The number of likely N-dealkylation sites (tertiary alicyclic amines) is 1. The molecule has 1 aromatic carbocycles. The number of benzene rings is 1. The van der Waals surface area contributed by atoms with Crippen LogP contribution in [0.25, 0.3) is 0 Å². The summed E-state index contributed by atoms with van der Waals surface area (Å²) in [6, 6.07) is -7.84. The standard InChI is InChI=1S/C77H126N14O18/c1-19-46(17)63(74(105)90-64-47(18)109-77(108)62(45(15)16)88-65(96)50(20-2)80-68(99)53(38-48-27-22-21-23-28-48)82-70(101)57(40(5)6)84-72(103)59(42(9)10)86-75(64)106)89-66(97)51(30-25-35-78)81-69(100)54-31-26-36-91(54)76(107)61(44(13)14)87-73(104)60(43(11)12)85-71(102)58(41(7)8)83-67(98)52(33-34-56(94)95)79-55(93)32-24-29-49(92)37-39(3)4/h20-23,27-28,39-47,49,51-54,57-64,92H,19,24-26,29-38,78H2,1-18H3,(H,79,93)(H,80,99)(H,81,100)(H,82,101)(H,83,98)(H,84,103)(H,85,102)(H,86,106)(H,87,104)(H,88,96)(H,89,97)(H,90,105)(H,94,95)/b50-20-/t46-,47+,49?,51-,52+,53-,54+,57?,58?,59?,60?,61?,62?,63+,64+/m0/s1. The van der Waals surface area contributed by atoms with Gasteiger partial charge in [0.05, 0.1) is 6.10 Å². The highest BCUT2D eigenvalue weighted by Gasteiger charge is 2.44. The van der Waals surface area contributed by atoms with Gasteiger partial charge in [-0.1, -0.05) is 154 Å². The van der Waals surface area contributed by atoms with Gasteiger partial charge in [0.25, 0.3) is 5.91 Å². The van der Waals surface area contributed by atoms with Crippen molar-refractivity contribution in [3.63, 3.8) is 0 Å². The fraction of sp³-hybridized carbons (Fsp3) is 0.701. The molecule has 3 rings (SSSR count). The Morgan fingerprint density at radius 3 is 1.64 bits per heavy atom. The number of carbonyl (C=O) groups is 15. The van der Waals surface area contributed by atoms with Crippen LogP contribution in [-0.4, -0.2) is 202 Å². The number of ether oxygens (including phenoxy) is 1. The summed E-state index contributed by atoms with van der Waals surface area (Å²) in [6.07, 6.45) is 0.160. The Hall–Kier alpha value is -9.07. The van der Waals surface area contributed by atoms with Gasteiger partial charge in [0, 0.05) is 25.8 Å². The predicted molar refractivity (Wildman–Crippen MR) is 407 cm³/mol. The SMILES string of the molecule is C/C=C1\NC(=O)[C@H](Cc2ccccc2)NC(=O)C(C(C)C)NC(=O)C(C(C)C)NC(=O)[C@H](NC(=O)[C@H](NC(=O)[C@H](CCCN)NC(=O)[C@H]2CCCN2C(=O)C(NC(=O)C(NC(=O)C(NC(=O)[C@@H](CCC(=O)O)NC(=O)CCCC(O)CC(C)C)C(C)C)C(C)C)C(C)C)[C@@H](C)CC)[C@@H](C)OC(=O)C(C(C)C)NC1=O. The summed E-state index contributed by atoms with van der Waals surface area (Å²) in [5, 5.41) is 52.0. The number of carbonyl (C=O) groups excluding carboxylic acids is 14. The molecule has 2 heterocycles. The molecule has 109 heavy (non-hydrogen) atoms. The van der Waals surface area contributed by atoms with Crippen LogP contribution >= 0.6 is 0 Å². The number of amides is 13. The minimum atomic E-state index is -1.84. The van der Waals surface area contributed by atoms with Crippen molar-refractivity contribution in [2.75, 3.05) is 13.1 Å². The Bertz CT molecular complexity index is 3310. The first kappa shape index (κ1) is 94.1. The molecule has 0 spiro atoms. The first-order valence-corrected chi connectivity index (χ1v) is 38.5. The Labute approximate surface area is 641 Å². The van der Waals surface area contributed by atoms with Gasteiger partial charge in [-0.2, -0.15) is 0 Å². The van der Waals surface area contributed by atoms with Crippen molar-refractivity contribution in [2.24, 2.45) is 53.1 Å². The Morgan fingerprint density at radius 2 is 1.13 bits per heavy atom. The van der Waals surface area contributed by atoms with Gasteiger partial charge in [-0.25, -0.2) is 4.79 Å². The van der Waals surface area contributed by atoms with E-state index in [1.165, 1.54) is 24.8 Å². The van der Waals surface area contributed by atoms with Crippen LogP contribution in [0.1, 0.15) is 201 Å². The number of aliphatic hydroxyl groups is 1. The van der Waals surface area contributed by atoms with Crippen LogP contribution < -0.4 is 69.5 Å². The highest BCUT2D eigenvalue weighted by molar-refractivity contribution is 6.03. The highest BCUT2D eigenvalue weighted by atomic mass is 16.5. The van der Waals surface area contributed by atoms with E-state index in [1.807, 2.05) is 13.8 Å². The number of nitrogens with one attached hydrogen (secondary N) is 12. The summed E-state index contributed by atoms with van der Waals surface area (Å²) in [5.41, 5.74) is 6.32. The minimum absolute atomic E-state index is 0.0421. The molecule has 2 aliphatic heterocycles. The van der Waals surface area contributed by atoms with E-state index < -0.39 is 221 Å². The van der Waals surface area contributed by atoms with E-state index in [9.17, 15) is 77.3 Å². The molecule has 2 aliphatic rings. The van der Waals surface area contributed by atoms with Crippen molar-refractivity contribution in [2.45, 2.75) is 286 Å². The molecule has 16 N–H and O–H groups in total. The smallest absolute Gasteiger partial charge is 0.329 e. The molecule has 612 valence electrons. The molecule has 0 saturated carbocycles. The van der Waals surface area contributed by atoms with Gasteiger partial charge < -0.3 is 89.4 Å². The van der Waals surface area contributed by atoms with Crippen LogP contribution in [0.15, 0.2) is 42.1 Å². The van der Waals surface area contributed by atoms with Crippen molar-refractivity contribution >= 4 is 88.7 Å². The molecule has 0 aromatic heterocycles. The molecular weight excluding hydrogens is 1410 g/mol. The van der Waals surface area contributed by atoms with E-state index in [-0.39, 0.29) is 69.7 Å². The van der Waals surface area contributed by atoms with Crippen LogP contribution in [0.5, 0.6) is 0 Å². The molecule has 15 atom stereocenters. The van der Waals surface area contributed by atoms with Gasteiger partial charge in [0.2, 0.25) is 70.9 Å². The zero-order valence-corrected chi connectivity index (χ0v) is 67.0. The third kappa shape index (κ3) is 30.0. The zero-order chi connectivity index (χ0) is 82.4. The number of cyclic esters (lactones) is 1. The number of nitrogens with zero attached hydrogens (tertiary/aromatic N) is 1. The van der Waals surface area contributed by atoms with E-state index >= 15 is 4.79 Å². The largest absolute Gasteiger partial charge is 0.481 e. The van der Waals surface area contributed by atoms with Crippen molar-refractivity contribution in [3.8, 4) is 0 Å². The quantitative estimate of drug-likeness (QED) is 0.0336. The maximum atomic E-state index is 15.0. The van der Waals surface area contributed by atoms with Crippen molar-refractivity contribution < 1.29 is 86.9 Å². The van der Waals surface area contributed by atoms with E-state index in [4.69, 9.17) is 10.5 Å². The lowest BCUT2D eigenvalue weighted by Crippen LogP contribution is -2.64. The topological polar surface area (TPSA) is 479 Å². The second kappa shape index (κ2) is 45.8. The van der Waals surface area contributed by atoms with Crippen molar-refractivity contribution in [1.29, 1.82) is 0 Å².